The summed E-state index contributed by atoms with van der Waals surface area (Å²) in [5.74, 6) is 0.170. The van der Waals surface area contributed by atoms with E-state index in [1.807, 2.05) is 4.57 Å². The molecule has 2 aromatic heterocycles. The Balaban J connectivity index is 1.89. The van der Waals surface area contributed by atoms with E-state index in [1.54, 1.807) is 33.4 Å². The summed E-state index contributed by atoms with van der Waals surface area (Å²) in [6.07, 6.45) is 2.52. The second kappa shape index (κ2) is 7.95. The first kappa shape index (κ1) is 16.5. The molecule has 8 nitrogen and oxygen atoms in total. The van der Waals surface area contributed by atoms with Gasteiger partial charge in [-0.25, -0.2) is 0 Å². The predicted octanol–water partition coefficient (Wildman–Crippen LogP) is 1.73. The lowest BCUT2D eigenvalue weighted by molar-refractivity contribution is -0.115. The van der Waals surface area contributed by atoms with Crippen LogP contribution in [0.4, 0.5) is 5.88 Å². The van der Waals surface area contributed by atoms with Crippen LogP contribution >= 0.6 is 11.8 Å². The van der Waals surface area contributed by atoms with Gasteiger partial charge < -0.3 is 13.8 Å². The van der Waals surface area contributed by atoms with E-state index < -0.39 is 0 Å². The maximum Gasteiger partial charge on any atom is 0.240 e. The van der Waals surface area contributed by atoms with Gasteiger partial charge in [-0.3, -0.25) is 10.1 Å². The predicted molar refractivity (Wildman–Crippen MR) is 81.7 cm³/mol. The van der Waals surface area contributed by atoms with Crippen LogP contribution in [0.2, 0.25) is 0 Å². The Morgan fingerprint density at radius 3 is 3.09 bits per heavy atom. The molecular formula is C13H19N5O3S. The van der Waals surface area contributed by atoms with E-state index in [-0.39, 0.29) is 11.2 Å². The molecule has 1 atom stereocenters. The van der Waals surface area contributed by atoms with Gasteiger partial charge in [0.05, 0.1) is 10.9 Å². The van der Waals surface area contributed by atoms with Crippen LogP contribution in [-0.2, 0) is 16.1 Å². The number of hydrogen-bond acceptors (Lipinski definition) is 7. The summed E-state index contributed by atoms with van der Waals surface area (Å²) >= 11 is 1.34. The topological polar surface area (TPSA) is 95.1 Å². The number of ether oxygens (including phenoxy) is 1. The average molecular weight is 325 g/mol. The summed E-state index contributed by atoms with van der Waals surface area (Å²) in [5.41, 5.74) is 0.716. The highest BCUT2D eigenvalue weighted by Gasteiger charge is 2.19. The van der Waals surface area contributed by atoms with Gasteiger partial charge in [-0.05, 0) is 20.3 Å². The highest BCUT2D eigenvalue weighted by molar-refractivity contribution is 8.00. The molecule has 2 rings (SSSR count). The smallest absolute Gasteiger partial charge is 0.240 e. The second-order valence-corrected chi connectivity index (χ2v) is 6.04. The zero-order valence-electron chi connectivity index (χ0n) is 12.8. The molecule has 0 fully saturated rings. The Hall–Kier alpha value is -1.87. The number of nitrogens with one attached hydrogen (secondary N) is 1. The highest BCUT2D eigenvalue weighted by Crippen LogP contribution is 2.22. The number of anilines is 1. The molecule has 1 unspecified atom stereocenters. The van der Waals surface area contributed by atoms with E-state index in [9.17, 15) is 4.79 Å². The molecule has 120 valence electrons. The largest absolute Gasteiger partial charge is 0.385 e. The SMILES string of the molecule is COCCCn1cnnc1SC(C)C(=O)Nc1cc(C)no1. The van der Waals surface area contributed by atoms with Crippen molar-refractivity contribution in [3.63, 3.8) is 0 Å². The van der Waals surface area contributed by atoms with Crippen molar-refractivity contribution in [1.82, 2.24) is 19.9 Å². The van der Waals surface area contributed by atoms with Crippen molar-refractivity contribution in [2.24, 2.45) is 0 Å². The number of carbonyl (C=O) groups excluding carboxylic acids is 1. The van der Waals surface area contributed by atoms with Crippen LogP contribution in [0, 0.1) is 6.92 Å². The van der Waals surface area contributed by atoms with Gasteiger partial charge in [0.1, 0.15) is 6.33 Å². The molecule has 0 aliphatic heterocycles. The monoisotopic (exact) mass is 325 g/mol. The number of carbonyl (C=O) groups is 1. The fourth-order valence-corrected chi connectivity index (χ4v) is 2.58. The van der Waals surface area contributed by atoms with Gasteiger partial charge in [-0.15, -0.1) is 10.2 Å². The van der Waals surface area contributed by atoms with Gasteiger partial charge >= 0.3 is 0 Å². The van der Waals surface area contributed by atoms with Gasteiger partial charge in [0, 0.05) is 26.3 Å². The number of thioether (sulfide) groups is 1. The molecule has 9 heteroatoms. The molecule has 0 aromatic carbocycles. The van der Waals surface area contributed by atoms with Crippen LogP contribution in [0.5, 0.6) is 0 Å². The Labute approximate surface area is 132 Å². The van der Waals surface area contributed by atoms with Gasteiger partial charge in [0.15, 0.2) is 5.16 Å². The van der Waals surface area contributed by atoms with E-state index in [0.717, 1.165) is 13.0 Å². The van der Waals surface area contributed by atoms with E-state index in [1.165, 1.54) is 11.8 Å². The lowest BCUT2D eigenvalue weighted by atomic mass is 10.4. The van der Waals surface area contributed by atoms with Crippen LogP contribution in [0.1, 0.15) is 19.0 Å². The molecule has 0 bridgehead atoms. The van der Waals surface area contributed by atoms with Gasteiger partial charge in [-0.2, -0.15) is 0 Å². The second-order valence-electron chi connectivity index (χ2n) is 4.74. The van der Waals surface area contributed by atoms with E-state index in [2.05, 4.69) is 20.7 Å². The van der Waals surface area contributed by atoms with E-state index in [0.29, 0.717) is 23.3 Å². The number of nitrogens with zero attached hydrogens (tertiary/aromatic N) is 4. The standard InChI is InChI=1S/C13H19N5O3S/c1-9-7-11(21-17-9)15-12(19)10(2)22-13-16-14-8-18(13)5-4-6-20-3/h7-8,10H,4-6H2,1-3H3,(H,15,19). The Kier molecular flexibility index (Phi) is 5.96. The van der Waals surface area contributed by atoms with E-state index >= 15 is 0 Å². The quantitative estimate of drug-likeness (QED) is 0.583. The molecule has 0 aliphatic rings. The molecule has 0 saturated carbocycles. The van der Waals surface area contributed by atoms with Crippen molar-refractivity contribution in [1.29, 1.82) is 0 Å². The minimum absolute atomic E-state index is 0.174. The van der Waals surface area contributed by atoms with Crippen molar-refractivity contribution < 1.29 is 14.1 Å². The molecule has 0 radical (unpaired) electrons. The maximum absolute atomic E-state index is 12.1. The number of rotatable bonds is 8. The fraction of sp³-hybridized carbons (Fsp3) is 0.538. The zero-order valence-corrected chi connectivity index (χ0v) is 13.6. The van der Waals surface area contributed by atoms with Crippen molar-refractivity contribution in [3.05, 3.63) is 18.1 Å². The Bertz CT molecular complexity index is 612. The minimum atomic E-state index is -0.337. The summed E-state index contributed by atoms with van der Waals surface area (Å²) in [7, 11) is 1.67. The van der Waals surface area contributed by atoms with E-state index in [4.69, 9.17) is 9.26 Å². The first-order valence-corrected chi connectivity index (χ1v) is 7.75. The normalized spacial score (nSPS) is 12.3. The molecule has 0 aliphatic carbocycles. The van der Waals surface area contributed by atoms with Crippen LogP contribution in [-0.4, -0.2) is 44.8 Å². The number of aromatic nitrogens is 4. The van der Waals surface area contributed by atoms with Crippen molar-refractivity contribution in [3.8, 4) is 0 Å². The van der Waals surface area contributed by atoms with Crippen molar-refractivity contribution in [2.45, 2.75) is 37.2 Å². The summed E-state index contributed by atoms with van der Waals surface area (Å²) in [6.45, 7) is 5.01. The first-order valence-electron chi connectivity index (χ1n) is 6.87. The van der Waals surface area contributed by atoms with Gasteiger partial charge in [-0.1, -0.05) is 16.9 Å². The van der Waals surface area contributed by atoms with Crippen molar-refractivity contribution in [2.75, 3.05) is 19.0 Å². The van der Waals surface area contributed by atoms with Crippen LogP contribution in [0.15, 0.2) is 22.1 Å². The number of methoxy groups -OCH3 is 1. The van der Waals surface area contributed by atoms with Gasteiger partial charge in [0.2, 0.25) is 11.8 Å². The lowest BCUT2D eigenvalue weighted by Gasteiger charge is -2.10. The molecule has 0 saturated heterocycles. The number of aryl methyl sites for hydroxylation is 2. The molecular weight excluding hydrogens is 306 g/mol. The van der Waals surface area contributed by atoms with Crippen LogP contribution in [0.3, 0.4) is 0 Å². The molecule has 22 heavy (non-hydrogen) atoms. The zero-order chi connectivity index (χ0) is 15.9. The molecule has 2 heterocycles. The summed E-state index contributed by atoms with van der Waals surface area (Å²) in [6, 6.07) is 1.67. The summed E-state index contributed by atoms with van der Waals surface area (Å²) < 4.78 is 11.9. The minimum Gasteiger partial charge on any atom is -0.385 e. The Morgan fingerprint density at radius 1 is 1.59 bits per heavy atom. The maximum atomic E-state index is 12.1. The third-order valence-electron chi connectivity index (χ3n) is 2.85. The number of amides is 1. The fourth-order valence-electron chi connectivity index (χ4n) is 1.73. The third kappa shape index (κ3) is 4.57. The third-order valence-corrected chi connectivity index (χ3v) is 3.95. The van der Waals surface area contributed by atoms with Crippen molar-refractivity contribution >= 4 is 23.6 Å². The van der Waals surface area contributed by atoms with Crippen LogP contribution in [0.25, 0.3) is 0 Å². The van der Waals surface area contributed by atoms with Gasteiger partial charge in [0.25, 0.3) is 0 Å². The molecule has 1 N–H and O–H groups in total. The molecule has 1 amide bonds. The molecule has 2 aromatic rings. The average Bonchev–Trinajstić information content (AvgIpc) is 3.09. The summed E-state index contributed by atoms with van der Waals surface area (Å²) in [4.78, 5) is 12.1. The number of hydrogen-bond donors (Lipinski definition) is 1. The lowest BCUT2D eigenvalue weighted by Crippen LogP contribution is -2.22. The first-order chi connectivity index (χ1) is 10.6. The summed E-state index contributed by atoms with van der Waals surface area (Å²) in [5, 5.41) is 14.7. The van der Waals surface area contributed by atoms with Crippen LogP contribution < -0.4 is 5.32 Å². The Morgan fingerprint density at radius 2 is 2.41 bits per heavy atom. The molecule has 0 spiro atoms. The highest BCUT2D eigenvalue weighted by atomic mass is 32.2.